The smallest absolute Gasteiger partial charge is 0.130 e. The average molecular weight is 411 g/mol. The fraction of sp³-hybridized carbons (Fsp3) is 0.0455. The first-order valence-electron chi connectivity index (χ1n) is 9.53. The molecule has 4 heterocycles. The van der Waals surface area contributed by atoms with Crippen LogP contribution in [0.5, 0.6) is 0 Å². The lowest BCUT2D eigenvalue weighted by molar-refractivity contribution is 0.894. The minimum absolute atomic E-state index is 0.502. The van der Waals surface area contributed by atoms with Crippen LogP contribution in [0.1, 0.15) is 5.69 Å². The highest BCUT2D eigenvalue weighted by molar-refractivity contribution is 7.25. The summed E-state index contributed by atoms with van der Waals surface area (Å²) < 4.78 is 3.99. The number of aryl methyl sites for hydroxylation is 1. The lowest BCUT2D eigenvalue weighted by atomic mass is 10.1. The molecule has 30 heavy (non-hydrogen) atoms. The van der Waals surface area contributed by atoms with E-state index in [1.54, 1.807) is 17.5 Å². The molecule has 0 aliphatic carbocycles. The van der Waals surface area contributed by atoms with Crippen molar-refractivity contribution in [1.29, 1.82) is 0 Å². The van der Waals surface area contributed by atoms with Crippen molar-refractivity contribution in [3.8, 4) is 22.6 Å². The van der Waals surface area contributed by atoms with Crippen molar-refractivity contribution in [2.45, 2.75) is 6.92 Å². The molecule has 4 aromatic heterocycles. The molecule has 0 saturated heterocycles. The van der Waals surface area contributed by atoms with Crippen molar-refractivity contribution in [2.24, 2.45) is 0 Å². The van der Waals surface area contributed by atoms with Crippen LogP contribution in [0.3, 0.4) is 0 Å². The van der Waals surface area contributed by atoms with Crippen LogP contribution >= 0.6 is 11.3 Å². The van der Waals surface area contributed by atoms with Gasteiger partial charge in [-0.1, -0.05) is 47.7 Å². The number of nitrogens with two attached hydrogens (primary N) is 1. The summed E-state index contributed by atoms with van der Waals surface area (Å²) >= 11 is 1.68. The van der Waals surface area contributed by atoms with Gasteiger partial charge in [-0.15, -0.1) is 0 Å². The van der Waals surface area contributed by atoms with Gasteiger partial charge in [-0.05, 0) is 31.2 Å². The van der Waals surface area contributed by atoms with Gasteiger partial charge in [-0.2, -0.15) is 15.3 Å². The second-order valence-corrected chi connectivity index (χ2v) is 8.07. The van der Waals surface area contributed by atoms with E-state index in [-0.39, 0.29) is 0 Å². The van der Waals surface area contributed by atoms with E-state index in [2.05, 4.69) is 34.5 Å². The Bertz CT molecular complexity index is 1500. The molecule has 3 N–H and O–H groups in total. The number of H-pyrrole nitrogens is 1. The van der Waals surface area contributed by atoms with E-state index in [1.165, 1.54) is 0 Å². The Morgan fingerprint density at radius 3 is 2.03 bits per heavy atom. The number of nitrogens with zero attached hydrogens (tertiary/aromatic N) is 5. The number of rotatable bonds is 3. The van der Waals surface area contributed by atoms with Crippen molar-refractivity contribution >= 4 is 37.6 Å². The molecule has 0 aliphatic heterocycles. The lowest BCUT2D eigenvalue weighted by Crippen LogP contribution is -1.96. The van der Waals surface area contributed by atoms with Crippen molar-refractivity contribution < 1.29 is 0 Å². The Morgan fingerprint density at radius 1 is 0.833 bits per heavy atom. The first-order valence-corrected chi connectivity index (χ1v) is 10.3. The summed E-state index contributed by atoms with van der Waals surface area (Å²) in [5.74, 6) is 0.502. The Balaban J connectivity index is 1.74. The monoisotopic (exact) mass is 411 g/mol. The van der Waals surface area contributed by atoms with Gasteiger partial charge in [0.2, 0.25) is 0 Å². The standard InChI is InChI=1S/C22H17N7S/c1-13-17-18-19(16-12-24-25-20(16)23)27-29(15-10-6-3-7-11-15)22(18)30-21(17)28(26-13)14-8-4-2-5-9-14/h2-12H,1H3,(H3,23,24,25). The van der Waals surface area contributed by atoms with Gasteiger partial charge in [0.25, 0.3) is 0 Å². The van der Waals surface area contributed by atoms with E-state index in [4.69, 9.17) is 15.9 Å². The molecule has 0 spiro atoms. The number of hydrogen-bond acceptors (Lipinski definition) is 5. The zero-order valence-electron chi connectivity index (χ0n) is 16.1. The van der Waals surface area contributed by atoms with Gasteiger partial charge >= 0.3 is 0 Å². The zero-order valence-corrected chi connectivity index (χ0v) is 16.9. The molecule has 0 unspecified atom stereocenters. The Morgan fingerprint density at radius 2 is 1.43 bits per heavy atom. The van der Waals surface area contributed by atoms with Crippen molar-refractivity contribution in [3.05, 3.63) is 72.6 Å². The van der Waals surface area contributed by atoms with E-state index in [0.29, 0.717) is 5.82 Å². The summed E-state index contributed by atoms with van der Waals surface area (Å²) in [6.45, 7) is 2.04. The molecule has 0 radical (unpaired) electrons. The van der Waals surface area contributed by atoms with Crippen LogP contribution in [0.2, 0.25) is 0 Å². The fourth-order valence-electron chi connectivity index (χ4n) is 3.86. The molecule has 0 amide bonds. The average Bonchev–Trinajstić information content (AvgIpc) is 3.52. The summed E-state index contributed by atoms with van der Waals surface area (Å²) in [6, 6.07) is 20.3. The summed E-state index contributed by atoms with van der Waals surface area (Å²) in [6.07, 6.45) is 1.73. The van der Waals surface area contributed by atoms with Crippen LogP contribution in [-0.4, -0.2) is 29.8 Å². The van der Waals surface area contributed by atoms with E-state index in [9.17, 15) is 0 Å². The third kappa shape index (κ3) is 2.34. The van der Waals surface area contributed by atoms with Gasteiger partial charge < -0.3 is 5.73 Å². The first-order chi connectivity index (χ1) is 14.7. The number of nitrogen functional groups attached to an aromatic ring is 1. The molecule has 6 rings (SSSR count). The summed E-state index contributed by atoms with van der Waals surface area (Å²) in [5, 5.41) is 18.9. The molecule has 146 valence electrons. The van der Waals surface area contributed by atoms with Crippen molar-refractivity contribution in [1.82, 2.24) is 29.8 Å². The number of hydrogen-bond donors (Lipinski definition) is 2. The van der Waals surface area contributed by atoms with Gasteiger partial charge in [0.1, 0.15) is 21.2 Å². The van der Waals surface area contributed by atoms with Crippen LogP contribution in [0, 0.1) is 6.92 Å². The summed E-state index contributed by atoms with van der Waals surface area (Å²) in [7, 11) is 0. The molecule has 8 heteroatoms. The second-order valence-electron chi connectivity index (χ2n) is 7.09. The quantitative estimate of drug-likeness (QED) is 0.441. The number of para-hydroxylation sites is 2. The molecule has 7 nitrogen and oxygen atoms in total. The number of nitrogens with one attached hydrogen (secondary N) is 1. The molecular weight excluding hydrogens is 394 g/mol. The molecule has 2 aromatic carbocycles. The van der Waals surface area contributed by atoms with E-state index in [0.717, 1.165) is 48.8 Å². The molecule has 0 saturated carbocycles. The van der Waals surface area contributed by atoms with Crippen LogP contribution in [0.25, 0.3) is 43.1 Å². The lowest BCUT2D eigenvalue weighted by Gasteiger charge is -2.02. The van der Waals surface area contributed by atoms with Crippen LogP contribution < -0.4 is 5.73 Å². The zero-order chi connectivity index (χ0) is 20.2. The Hall–Kier alpha value is -3.91. The van der Waals surface area contributed by atoms with E-state index in [1.807, 2.05) is 52.7 Å². The maximum Gasteiger partial charge on any atom is 0.130 e. The number of aromatic nitrogens is 6. The van der Waals surface area contributed by atoms with Gasteiger partial charge in [0.05, 0.1) is 34.2 Å². The van der Waals surface area contributed by atoms with Crippen molar-refractivity contribution in [2.75, 3.05) is 5.73 Å². The van der Waals surface area contributed by atoms with Crippen LogP contribution in [0.4, 0.5) is 5.82 Å². The highest BCUT2D eigenvalue weighted by Gasteiger charge is 2.25. The van der Waals surface area contributed by atoms with Gasteiger partial charge in [-0.3, -0.25) is 5.10 Å². The largest absolute Gasteiger partial charge is 0.384 e. The third-order valence-corrected chi connectivity index (χ3v) is 6.37. The van der Waals surface area contributed by atoms with Crippen LogP contribution in [0.15, 0.2) is 66.9 Å². The minimum atomic E-state index is 0.502. The van der Waals surface area contributed by atoms with Gasteiger partial charge in [0, 0.05) is 5.39 Å². The Kier molecular flexibility index (Phi) is 3.57. The summed E-state index contributed by atoms with van der Waals surface area (Å²) in [5.41, 5.74) is 10.8. The highest BCUT2D eigenvalue weighted by atomic mass is 32.1. The number of anilines is 1. The van der Waals surface area contributed by atoms with Crippen LogP contribution in [-0.2, 0) is 0 Å². The molecule has 0 fully saturated rings. The molecule has 0 aliphatic rings. The SMILES string of the molecule is Cc1nn(-c2ccccc2)c2sc3c(c(-c4cn[nH]c4N)nn3-c3ccccc3)c12. The normalized spacial score (nSPS) is 11.6. The maximum atomic E-state index is 6.17. The fourth-order valence-corrected chi connectivity index (χ4v) is 5.16. The minimum Gasteiger partial charge on any atom is -0.384 e. The van der Waals surface area contributed by atoms with Gasteiger partial charge in [0.15, 0.2) is 0 Å². The second kappa shape index (κ2) is 6.30. The topological polar surface area (TPSA) is 90.3 Å². The Labute approximate surface area is 175 Å². The third-order valence-electron chi connectivity index (χ3n) is 5.23. The predicted octanol–water partition coefficient (Wildman–Crippen LogP) is 4.71. The number of thiophene rings is 1. The number of fused-ring (bicyclic) bond motifs is 3. The molecular formula is C22H17N7S. The predicted molar refractivity (Wildman–Crippen MR) is 120 cm³/mol. The molecule has 0 atom stereocenters. The van der Waals surface area contributed by atoms with E-state index >= 15 is 0 Å². The highest BCUT2D eigenvalue weighted by Crippen LogP contribution is 2.43. The first kappa shape index (κ1) is 17.0. The number of benzene rings is 2. The molecule has 6 aromatic rings. The number of aromatic amines is 1. The maximum absolute atomic E-state index is 6.17. The van der Waals surface area contributed by atoms with Crippen molar-refractivity contribution in [3.63, 3.8) is 0 Å². The summed E-state index contributed by atoms with van der Waals surface area (Å²) in [4.78, 5) is 2.14. The molecule has 0 bridgehead atoms. The van der Waals surface area contributed by atoms with Gasteiger partial charge in [-0.25, -0.2) is 9.36 Å². The van der Waals surface area contributed by atoms with E-state index < -0.39 is 0 Å².